The zero-order valence-electron chi connectivity index (χ0n) is 21.1. The summed E-state index contributed by atoms with van der Waals surface area (Å²) in [4.78, 5) is 4.08. The van der Waals surface area contributed by atoms with Crippen molar-refractivity contribution in [3.63, 3.8) is 0 Å². The largest absolute Gasteiger partial charge is 0.416 e. The number of aromatic nitrogens is 3. The third kappa shape index (κ3) is 6.40. The molecule has 0 amide bonds. The van der Waals surface area contributed by atoms with Crippen molar-refractivity contribution < 1.29 is 21.6 Å². The molecule has 0 bridgehead atoms. The number of alkyl halides is 3. The number of pyridine rings is 1. The van der Waals surface area contributed by atoms with Crippen molar-refractivity contribution in [1.82, 2.24) is 19.5 Å². The van der Waals surface area contributed by atoms with Gasteiger partial charge in [0.1, 0.15) is 11.5 Å². The average molecular weight is 544 g/mol. The second-order valence-corrected chi connectivity index (χ2v) is 11.4. The Morgan fingerprint density at radius 3 is 2.21 bits per heavy atom. The highest BCUT2D eigenvalue weighted by Crippen LogP contribution is 2.33. The highest BCUT2D eigenvalue weighted by Gasteiger charge is 2.30. The molecule has 0 radical (unpaired) electrons. The Hall–Kier alpha value is -3.70. The van der Waals surface area contributed by atoms with Gasteiger partial charge in [0.05, 0.1) is 16.0 Å². The van der Waals surface area contributed by atoms with Crippen LogP contribution in [0.3, 0.4) is 0 Å². The number of halogens is 3. The minimum Gasteiger partial charge on any atom is -0.369 e. The molecule has 0 aliphatic heterocycles. The van der Waals surface area contributed by atoms with Crippen LogP contribution in [0.1, 0.15) is 26.3 Å². The molecule has 2 aromatic carbocycles. The van der Waals surface area contributed by atoms with E-state index in [4.69, 9.17) is 5.10 Å². The summed E-state index contributed by atoms with van der Waals surface area (Å²) in [6.07, 6.45) is -0.874. The lowest BCUT2D eigenvalue weighted by atomic mass is 10.0. The summed E-state index contributed by atoms with van der Waals surface area (Å²) >= 11 is 0. The van der Waals surface area contributed by atoms with E-state index in [1.807, 2.05) is 53.3 Å². The van der Waals surface area contributed by atoms with Gasteiger partial charge in [-0.1, -0.05) is 30.3 Å². The van der Waals surface area contributed by atoms with Gasteiger partial charge in [0, 0.05) is 36.6 Å². The van der Waals surface area contributed by atoms with Gasteiger partial charge in [-0.3, -0.25) is 4.68 Å². The summed E-state index contributed by atoms with van der Waals surface area (Å²) in [6.45, 7) is 6.44. The first-order valence-corrected chi connectivity index (χ1v) is 13.4. The molecule has 2 N–H and O–H groups in total. The van der Waals surface area contributed by atoms with Gasteiger partial charge in [0.15, 0.2) is 0 Å². The molecule has 2 heterocycles. The highest BCUT2D eigenvalue weighted by molar-refractivity contribution is 7.89. The van der Waals surface area contributed by atoms with Crippen LogP contribution in [-0.2, 0) is 21.7 Å². The number of rotatable bonds is 8. The molecule has 7 nitrogen and oxygen atoms in total. The van der Waals surface area contributed by atoms with Crippen LogP contribution in [-0.4, -0.2) is 36.3 Å². The second kappa shape index (κ2) is 10.6. The van der Waals surface area contributed by atoms with Gasteiger partial charge >= 0.3 is 6.18 Å². The Balaban J connectivity index is 1.46. The third-order valence-electron chi connectivity index (χ3n) is 5.73. The minimum atomic E-state index is -4.53. The van der Waals surface area contributed by atoms with Gasteiger partial charge in [-0.15, -0.1) is 0 Å². The summed E-state index contributed by atoms with van der Waals surface area (Å²) in [7, 11) is -3.96. The standard InChI is InChI=1S/C27H28F3N5O2S/c1-26(2,3)35-18-23(25(34-35)19-7-5-4-6-8-19)20-13-14-31-24(17-20)32-15-16-33-38(36,37)22-11-9-21(10-12-22)27(28,29)30/h4-14,17-18,33H,15-16H2,1-3H3,(H,31,32). The fourth-order valence-corrected chi connectivity index (χ4v) is 4.75. The highest BCUT2D eigenvalue weighted by atomic mass is 32.2. The number of nitrogens with zero attached hydrogens (tertiary/aromatic N) is 3. The molecular weight excluding hydrogens is 515 g/mol. The molecule has 2 aromatic heterocycles. The summed E-state index contributed by atoms with van der Waals surface area (Å²) in [5.41, 5.74) is 2.51. The Bertz CT molecular complexity index is 1490. The molecule has 200 valence electrons. The molecule has 0 unspecified atom stereocenters. The van der Waals surface area contributed by atoms with E-state index in [1.165, 1.54) is 0 Å². The van der Waals surface area contributed by atoms with Crippen molar-refractivity contribution in [2.75, 3.05) is 18.4 Å². The Morgan fingerprint density at radius 1 is 0.895 bits per heavy atom. The molecule has 0 saturated heterocycles. The predicted octanol–water partition coefficient (Wildman–Crippen LogP) is 5.78. The first-order valence-electron chi connectivity index (χ1n) is 11.9. The molecule has 4 rings (SSSR count). The maximum atomic E-state index is 12.7. The maximum Gasteiger partial charge on any atom is 0.416 e. The maximum absolute atomic E-state index is 12.7. The van der Waals surface area contributed by atoms with Gasteiger partial charge in [-0.05, 0) is 62.7 Å². The van der Waals surface area contributed by atoms with E-state index in [0.29, 0.717) is 5.82 Å². The van der Waals surface area contributed by atoms with Gasteiger partial charge in [0.25, 0.3) is 0 Å². The van der Waals surface area contributed by atoms with Crippen LogP contribution in [0, 0.1) is 0 Å². The summed E-state index contributed by atoms with van der Waals surface area (Å²) in [5.74, 6) is 0.541. The van der Waals surface area contributed by atoms with Crippen molar-refractivity contribution in [3.8, 4) is 22.4 Å². The van der Waals surface area contributed by atoms with E-state index in [0.717, 1.165) is 46.6 Å². The molecule has 0 fully saturated rings. The SMILES string of the molecule is CC(C)(C)n1cc(-c2ccnc(NCCNS(=O)(=O)c3ccc(C(F)(F)F)cc3)c2)c(-c2ccccc2)n1. The van der Waals surface area contributed by atoms with E-state index in [1.54, 1.807) is 6.20 Å². The van der Waals surface area contributed by atoms with Crippen LogP contribution >= 0.6 is 0 Å². The zero-order chi connectivity index (χ0) is 27.6. The topological polar surface area (TPSA) is 88.9 Å². The number of anilines is 1. The molecular formula is C27H28F3N5O2S. The first kappa shape index (κ1) is 27.3. The number of nitrogens with one attached hydrogen (secondary N) is 2. The van der Waals surface area contributed by atoms with Crippen LogP contribution in [0.5, 0.6) is 0 Å². The molecule has 0 aliphatic carbocycles. The Labute approximate surface area is 219 Å². The van der Waals surface area contributed by atoms with Gasteiger partial charge in [-0.25, -0.2) is 18.1 Å². The molecule has 38 heavy (non-hydrogen) atoms. The van der Waals surface area contributed by atoms with Gasteiger partial charge < -0.3 is 5.32 Å². The van der Waals surface area contributed by atoms with Crippen molar-refractivity contribution in [1.29, 1.82) is 0 Å². The molecule has 4 aromatic rings. The lowest BCUT2D eigenvalue weighted by Gasteiger charge is -2.18. The lowest BCUT2D eigenvalue weighted by Crippen LogP contribution is -2.29. The summed E-state index contributed by atoms with van der Waals surface area (Å²) in [6, 6.07) is 17.0. The summed E-state index contributed by atoms with van der Waals surface area (Å²) < 4.78 is 67.4. The Kier molecular flexibility index (Phi) is 7.61. The summed E-state index contributed by atoms with van der Waals surface area (Å²) in [5, 5.41) is 7.93. The first-order chi connectivity index (χ1) is 17.8. The van der Waals surface area contributed by atoms with Crippen molar-refractivity contribution >= 4 is 15.8 Å². The number of hydrogen-bond donors (Lipinski definition) is 2. The number of sulfonamides is 1. The molecule has 0 saturated carbocycles. The number of benzene rings is 2. The molecule has 0 aliphatic rings. The average Bonchev–Trinajstić information content (AvgIpc) is 3.33. The van der Waals surface area contributed by atoms with Crippen LogP contribution in [0.25, 0.3) is 22.4 Å². The normalized spacial score (nSPS) is 12.5. The van der Waals surface area contributed by atoms with E-state index in [2.05, 4.69) is 35.8 Å². The lowest BCUT2D eigenvalue weighted by molar-refractivity contribution is -0.137. The monoisotopic (exact) mass is 543 g/mol. The third-order valence-corrected chi connectivity index (χ3v) is 7.21. The van der Waals surface area contributed by atoms with E-state index in [9.17, 15) is 21.6 Å². The van der Waals surface area contributed by atoms with E-state index >= 15 is 0 Å². The molecule has 11 heteroatoms. The van der Waals surface area contributed by atoms with Crippen LogP contribution < -0.4 is 10.0 Å². The van der Waals surface area contributed by atoms with Gasteiger partial charge in [0.2, 0.25) is 10.0 Å². The van der Waals surface area contributed by atoms with Crippen LogP contribution in [0.15, 0.2) is 84.0 Å². The van der Waals surface area contributed by atoms with E-state index < -0.39 is 21.8 Å². The van der Waals surface area contributed by atoms with Gasteiger partial charge in [-0.2, -0.15) is 18.3 Å². The van der Waals surface area contributed by atoms with Crippen molar-refractivity contribution in [2.45, 2.75) is 37.4 Å². The smallest absolute Gasteiger partial charge is 0.369 e. The second-order valence-electron chi connectivity index (χ2n) is 9.65. The fraction of sp³-hybridized carbons (Fsp3) is 0.259. The minimum absolute atomic E-state index is 0.00643. The Morgan fingerprint density at radius 2 is 1.58 bits per heavy atom. The quantitative estimate of drug-likeness (QED) is 0.275. The fourth-order valence-electron chi connectivity index (χ4n) is 3.72. The predicted molar refractivity (Wildman–Crippen MR) is 141 cm³/mol. The van der Waals surface area contributed by atoms with Crippen LogP contribution in [0.2, 0.25) is 0 Å². The molecule has 0 atom stereocenters. The van der Waals surface area contributed by atoms with E-state index in [-0.39, 0.29) is 23.5 Å². The van der Waals surface area contributed by atoms with Crippen LogP contribution in [0.4, 0.5) is 19.0 Å². The number of hydrogen-bond acceptors (Lipinski definition) is 5. The van der Waals surface area contributed by atoms with Crippen molar-refractivity contribution in [3.05, 3.63) is 84.7 Å². The molecule has 0 spiro atoms. The zero-order valence-corrected chi connectivity index (χ0v) is 21.9. The van der Waals surface area contributed by atoms with Crippen molar-refractivity contribution in [2.24, 2.45) is 0 Å².